The standard InChI is InChI=1S/C19H16ClF3N2OS/c1-13(27-15-8-9-17(20)16(12-15)19(21,22)23)18(26)25(11-5-10-24)14-6-3-2-4-7-14/h2-4,6-9,12-13H,5,11H2,1H3. The Morgan fingerprint density at radius 1 is 1.26 bits per heavy atom. The monoisotopic (exact) mass is 412 g/mol. The maximum absolute atomic E-state index is 13.0. The number of anilines is 1. The summed E-state index contributed by atoms with van der Waals surface area (Å²) in [4.78, 5) is 14.6. The van der Waals surface area contributed by atoms with E-state index in [2.05, 4.69) is 0 Å². The molecule has 0 bridgehead atoms. The number of rotatable bonds is 6. The molecule has 27 heavy (non-hydrogen) atoms. The Bertz CT molecular complexity index is 837. The van der Waals surface area contributed by atoms with Gasteiger partial charge in [-0.15, -0.1) is 11.8 Å². The van der Waals surface area contributed by atoms with Crippen LogP contribution in [0.1, 0.15) is 18.9 Å². The Morgan fingerprint density at radius 3 is 2.52 bits per heavy atom. The highest BCUT2D eigenvalue weighted by molar-refractivity contribution is 8.00. The van der Waals surface area contributed by atoms with Gasteiger partial charge >= 0.3 is 6.18 Å². The van der Waals surface area contributed by atoms with Gasteiger partial charge in [-0.05, 0) is 37.3 Å². The number of para-hydroxylation sites is 1. The SMILES string of the molecule is CC(Sc1ccc(Cl)c(C(F)(F)F)c1)C(=O)N(CCC#N)c1ccccc1. The number of carbonyl (C=O) groups is 1. The number of halogens is 4. The quantitative estimate of drug-likeness (QED) is 0.564. The summed E-state index contributed by atoms with van der Waals surface area (Å²) in [6.07, 6.45) is -4.42. The van der Waals surface area contributed by atoms with Gasteiger partial charge in [0, 0.05) is 17.1 Å². The molecule has 2 aromatic rings. The molecule has 2 aromatic carbocycles. The summed E-state index contributed by atoms with van der Waals surface area (Å²) in [7, 11) is 0. The molecule has 0 spiro atoms. The van der Waals surface area contributed by atoms with Gasteiger partial charge in [0.25, 0.3) is 0 Å². The van der Waals surface area contributed by atoms with Crippen LogP contribution in [0, 0.1) is 11.3 Å². The van der Waals surface area contributed by atoms with E-state index in [9.17, 15) is 18.0 Å². The van der Waals surface area contributed by atoms with E-state index in [0.717, 1.165) is 17.8 Å². The van der Waals surface area contributed by atoms with Crippen LogP contribution in [0.4, 0.5) is 18.9 Å². The second kappa shape index (κ2) is 9.16. The van der Waals surface area contributed by atoms with Crippen molar-refractivity contribution in [1.82, 2.24) is 0 Å². The summed E-state index contributed by atoms with van der Waals surface area (Å²) in [6.45, 7) is 1.83. The van der Waals surface area contributed by atoms with E-state index in [4.69, 9.17) is 16.9 Å². The van der Waals surface area contributed by atoms with E-state index in [1.807, 2.05) is 6.07 Å². The van der Waals surface area contributed by atoms with Crippen LogP contribution >= 0.6 is 23.4 Å². The van der Waals surface area contributed by atoms with Gasteiger partial charge in [-0.3, -0.25) is 4.79 Å². The van der Waals surface area contributed by atoms with Gasteiger partial charge in [-0.25, -0.2) is 0 Å². The molecule has 0 saturated heterocycles. The van der Waals surface area contributed by atoms with Crippen molar-refractivity contribution in [2.45, 2.75) is 29.7 Å². The molecule has 0 aliphatic rings. The van der Waals surface area contributed by atoms with E-state index in [1.54, 1.807) is 37.3 Å². The molecular weight excluding hydrogens is 397 g/mol. The van der Waals surface area contributed by atoms with Crippen LogP contribution in [-0.2, 0) is 11.0 Å². The number of carbonyl (C=O) groups excluding carboxylic acids is 1. The first-order chi connectivity index (χ1) is 12.7. The second-order valence-electron chi connectivity index (χ2n) is 5.63. The van der Waals surface area contributed by atoms with Crippen molar-refractivity contribution < 1.29 is 18.0 Å². The number of alkyl halides is 3. The van der Waals surface area contributed by atoms with E-state index < -0.39 is 17.0 Å². The predicted molar refractivity (Wildman–Crippen MR) is 101 cm³/mol. The van der Waals surface area contributed by atoms with E-state index >= 15 is 0 Å². The largest absolute Gasteiger partial charge is 0.417 e. The first-order valence-electron chi connectivity index (χ1n) is 8.01. The van der Waals surface area contributed by atoms with Crippen molar-refractivity contribution in [2.24, 2.45) is 0 Å². The summed E-state index contributed by atoms with van der Waals surface area (Å²) in [6, 6.07) is 14.4. The minimum absolute atomic E-state index is 0.150. The Morgan fingerprint density at radius 2 is 1.93 bits per heavy atom. The van der Waals surface area contributed by atoms with E-state index in [1.165, 1.54) is 17.0 Å². The smallest absolute Gasteiger partial charge is 0.310 e. The first kappa shape index (κ1) is 21.1. The van der Waals surface area contributed by atoms with Crippen molar-refractivity contribution in [1.29, 1.82) is 5.26 Å². The molecule has 0 aromatic heterocycles. The molecule has 142 valence electrons. The Kier molecular flexibility index (Phi) is 7.17. The van der Waals surface area contributed by atoms with Crippen molar-refractivity contribution in [3.8, 4) is 6.07 Å². The minimum Gasteiger partial charge on any atom is -0.310 e. The molecule has 8 heteroatoms. The van der Waals surface area contributed by atoms with E-state index in [-0.39, 0.29) is 23.9 Å². The van der Waals surface area contributed by atoms with Gasteiger partial charge in [-0.1, -0.05) is 29.8 Å². The maximum Gasteiger partial charge on any atom is 0.417 e. The lowest BCUT2D eigenvalue weighted by Crippen LogP contribution is -2.37. The molecule has 1 unspecified atom stereocenters. The second-order valence-corrected chi connectivity index (χ2v) is 7.45. The van der Waals surface area contributed by atoms with Gasteiger partial charge < -0.3 is 4.90 Å². The first-order valence-corrected chi connectivity index (χ1v) is 9.26. The summed E-state index contributed by atoms with van der Waals surface area (Å²) < 4.78 is 39.0. The third-order valence-corrected chi connectivity index (χ3v) is 5.10. The highest BCUT2D eigenvalue weighted by Crippen LogP contribution is 2.38. The Hall–Kier alpha value is -2.17. The summed E-state index contributed by atoms with van der Waals surface area (Å²) in [5.41, 5.74) is -0.296. The number of nitrogens with zero attached hydrogens (tertiary/aromatic N) is 2. The van der Waals surface area contributed by atoms with Gasteiger partial charge in [-0.2, -0.15) is 18.4 Å². The van der Waals surface area contributed by atoms with Gasteiger partial charge in [0.05, 0.1) is 28.3 Å². The normalized spacial score (nSPS) is 12.3. The van der Waals surface area contributed by atoms with Crippen LogP contribution in [0.5, 0.6) is 0 Å². The zero-order valence-corrected chi connectivity index (χ0v) is 15.9. The fraction of sp³-hybridized carbons (Fsp3) is 0.263. The third kappa shape index (κ3) is 5.65. The lowest BCUT2D eigenvalue weighted by molar-refractivity contribution is -0.137. The van der Waals surface area contributed by atoms with Crippen molar-refractivity contribution in [3.05, 3.63) is 59.1 Å². The minimum atomic E-state index is -4.57. The van der Waals surface area contributed by atoms with Gasteiger partial charge in [0.15, 0.2) is 0 Å². The zero-order valence-electron chi connectivity index (χ0n) is 14.3. The zero-order chi connectivity index (χ0) is 20.0. The maximum atomic E-state index is 13.0. The number of hydrogen-bond donors (Lipinski definition) is 0. The number of nitriles is 1. The van der Waals surface area contributed by atoms with Gasteiger partial charge in [0.2, 0.25) is 5.91 Å². The van der Waals surface area contributed by atoms with Crippen LogP contribution in [-0.4, -0.2) is 17.7 Å². The number of amides is 1. The van der Waals surface area contributed by atoms with Crippen LogP contribution in [0.2, 0.25) is 5.02 Å². The third-order valence-electron chi connectivity index (χ3n) is 3.68. The number of thioether (sulfide) groups is 1. The fourth-order valence-electron chi connectivity index (χ4n) is 2.41. The molecule has 0 saturated carbocycles. The highest BCUT2D eigenvalue weighted by atomic mass is 35.5. The molecular formula is C19H16ClF3N2OS. The Balaban J connectivity index is 2.21. The molecule has 0 fully saturated rings. The highest BCUT2D eigenvalue weighted by Gasteiger charge is 2.33. The molecule has 0 heterocycles. The molecule has 0 radical (unpaired) electrons. The number of hydrogen-bond acceptors (Lipinski definition) is 3. The molecule has 1 atom stereocenters. The average Bonchev–Trinajstić information content (AvgIpc) is 2.63. The molecule has 0 N–H and O–H groups in total. The summed E-state index contributed by atoms with van der Waals surface area (Å²) in [5, 5.41) is 7.81. The van der Waals surface area contributed by atoms with Crippen molar-refractivity contribution in [2.75, 3.05) is 11.4 Å². The lowest BCUT2D eigenvalue weighted by Gasteiger charge is -2.25. The topological polar surface area (TPSA) is 44.1 Å². The Labute approximate surface area is 164 Å². The molecule has 2 rings (SSSR count). The van der Waals surface area contributed by atoms with Gasteiger partial charge in [0.1, 0.15) is 0 Å². The summed E-state index contributed by atoms with van der Waals surface area (Å²) in [5.74, 6) is -0.287. The van der Waals surface area contributed by atoms with Crippen LogP contribution in [0.15, 0.2) is 53.4 Å². The molecule has 1 amide bonds. The van der Waals surface area contributed by atoms with Crippen molar-refractivity contribution in [3.63, 3.8) is 0 Å². The summed E-state index contributed by atoms with van der Waals surface area (Å²) >= 11 is 6.65. The van der Waals surface area contributed by atoms with Crippen LogP contribution in [0.25, 0.3) is 0 Å². The molecule has 0 aliphatic heterocycles. The van der Waals surface area contributed by atoms with Crippen molar-refractivity contribution >= 4 is 35.0 Å². The average molecular weight is 413 g/mol. The molecule has 0 aliphatic carbocycles. The lowest BCUT2D eigenvalue weighted by atomic mass is 10.2. The fourth-order valence-corrected chi connectivity index (χ4v) is 3.60. The van der Waals surface area contributed by atoms with Crippen LogP contribution in [0.3, 0.4) is 0 Å². The molecule has 3 nitrogen and oxygen atoms in total. The van der Waals surface area contributed by atoms with Crippen LogP contribution < -0.4 is 4.90 Å². The van der Waals surface area contributed by atoms with E-state index in [0.29, 0.717) is 10.6 Å². The predicted octanol–water partition coefficient (Wildman–Crippen LogP) is 5.79. The number of benzene rings is 2.